The van der Waals surface area contributed by atoms with Crippen LogP contribution in [0.15, 0.2) is 61.7 Å². The summed E-state index contributed by atoms with van der Waals surface area (Å²) in [6, 6.07) is 12.2. The molecule has 1 aromatic heterocycles. The number of hydrogen-bond donors (Lipinski definition) is 1. The zero-order valence-electron chi connectivity index (χ0n) is 22.2. The molecule has 0 unspecified atom stereocenters. The Bertz CT molecular complexity index is 1090. The standard InChI is InChI=1S/C30H40N4O3/c1-5-23(6-2)28-27(19-22(4)34(28)25-11-9-8-10-12-25)29(35)33-18-15-31-20-26(33)21-32-16-13-24(14-17-32)30(36)37-7-3/h5-6,8-12,19,23-24,26,31H,1-2,7,13-18,20-21H2,3-4H3/t26-/m0/s1. The van der Waals surface area contributed by atoms with Gasteiger partial charge in [-0.15, -0.1) is 13.2 Å². The van der Waals surface area contributed by atoms with Crippen molar-refractivity contribution in [1.82, 2.24) is 19.7 Å². The van der Waals surface area contributed by atoms with Gasteiger partial charge in [0, 0.05) is 49.2 Å². The number of likely N-dealkylation sites (tertiary alicyclic amines) is 1. The number of rotatable bonds is 9. The van der Waals surface area contributed by atoms with Gasteiger partial charge < -0.3 is 24.4 Å². The first kappa shape index (κ1) is 26.9. The van der Waals surface area contributed by atoms with E-state index in [0.29, 0.717) is 18.7 Å². The Morgan fingerprint density at radius 2 is 1.84 bits per heavy atom. The Kier molecular flexibility index (Phi) is 9.00. The van der Waals surface area contributed by atoms with E-state index in [9.17, 15) is 9.59 Å². The molecule has 0 saturated carbocycles. The van der Waals surface area contributed by atoms with Crippen molar-refractivity contribution in [2.45, 2.75) is 38.6 Å². The third-order valence-electron chi connectivity index (χ3n) is 7.58. The molecule has 2 fully saturated rings. The molecule has 0 bridgehead atoms. The molecule has 1 N–H and O–H groups in total. The molecule has 1 atom stereocenters. The van der Waals surface area contributed by atoms with Crippen LogP contribution in [0.1, 0.15) is 47.4 Å². The van der Waals surface area contributed by atoms with Gasteiger partial charge in [0.1, 0.15) is 0 Å². The molecule has 0 radical (unpaired) electrons. The second kappa shape index (κ2) is 12.4. The number of carbonyl (C=O) groups excluding carboxylic acids is 2. The van der Waals surface area contributed by atoms with Gasteiger partial charge >= 0.3 is 5.97 Å². The Morgan fingerprint density at radius 3 is 2.49 bits per heavy atom. The van der Waals surface area contributed by atoms with Crippen molar-refractivity contribution in [2.75, 3.05) is 45.9 Å². The van der Waals surface area contributed by atoms with E-state index in [1.54, 1.807) is 0 Å². The summed E-state index contributed by atoms with van der Waals surface area (Å²) in [5, 5.41) is 3.47. The number of para-hydroxylation sites is 1. The number of nitrogens with zero attached hydrogens (tertiary/aromatic N) is 3. The summed E-state index contributed by atoms with van der Waals surface area (Å²) in [6.45, 7) is 17.0. The highest BCUT2D eigenvalue weighted by atomic mass is 16.5. The van der Waals surface area contributed by atoms with Gasteiger partial charge in [0.2, 0.25) is 0 Å². The number of aryl methyl sites for hydroxylation is 1. The molecule has 37 heavy (non-hydrogen) atoms. The number of allylic oxidation sites excluding steroid dienone is 2. The number of esters is 1. The van der Waals surface area contributed by atoms with Crippen LogP contribution in [0.2, 0.25) is 0 Å². The predicted molar refractivity (Wildman–Crippen MR) is 147 cm³/mol. The summed E-state index contributed by atoms with van der Waals surface area (Å²) in [4.78, 5) is 30.7. The Balaban J connectivity index is 1.57. The minimum Gasteiger partial charge on any atom is -0.466 e. The van der Waals surface area contributed by atoms with Crippen LogP contribution in [0.4, 0.5) is 0 Å². The van der Waals surface area contributed by atoms with E-state index in [-0.39, 0.29) is 29.8 Å². The van der Waals surface area contributed by atoms with Crippen molar-refractivity contribution >= 4 is 11.9 Å². The molecule has 7 nitrogen and oxygen atoms in total. The minimum atomic E-state index is -0.156. The highest BCUT2D eigenvalue weighted by Crippen LogP contribution is 2.31. The van der Waals surface area contributed by atoms with Gasteiger partial charge in [0.25, 0.3) is 5.91 Å². The number of benzene rings is 1. The first-order valence-corrected chi connectivity index (χ1v) is 13.4. The van der Waals surface area contributed by atoms with Crippen LogP contribution in [-0.2, 0) is 9.53 Å². The molecule has 2 aliphatic rings. The monoisotopic (exact) mass is 504 g/mol. The average molecular weight is 505 g/mol. The molecule has 2 aromatic rings. The van der Waals surface area contributed by atoms with Crippen LogP contribution in [0.5, 0.6) is 0 Å². The van der Waals surface area contributed by atoms with Crippen LogP contribution >= 0.6 is 0 Å². The third kappa shape index (κ3) is 5.89. The quantitative estimate of drug-likeness (QED) is 0.414. The Morgan fingerprint density at radius 1 is 1.14 bits per heavy atom. The zero-order valence-corrected chi connectivity index (χ0v) is 22.2. The van der Waals surface area contributed by atoms with E-state index >= 15 is 0 Å². The second-order valence-corrected chi connectivity index (χ2v) is 9.94. The van der Waals surface area contributed by atoms with Gasteiger partial charge in [-0.1, -0.05) is 30.4 Å². The van der Waals surface area contributed by atoms with E-state index in [2.05, 4.69) is 40.1 Å². The summed E-state index contributed by atoms with van der Waals surface area (Å²) >= 11 is 0. The zero-order chi connectivity index (χ0) is 26.4. The number of ether oxygens (including phenoxy) is 1. The molecule has 198 valence electrons. The summed E-state index contributed by atoms with van der Waals surface area (Å²) in [5.74, 6) is -0.204. The number of piperidine rings is 1. The number of piperazine rings is 1. The molecular formula is C30H40N4O3. The molecule has 7 heteroatoms. The molecule has 0 aliphatic carbocycles. The molecule has 4 rings (SSSR count). The highest BCUT2D eigenvalue weighted by molar-refractivity contribution is 5.96. The average Bonchev–Trinajstić information content (AvgIpc) is 3.27. The van der Waals surface area contributed by atoms with E-state index < -0.39 is 0 Å². The lowest BCUT2D eigenvalue weighted by Gasteiger charge is -2.41. The molecule has 2 aliphatic heterocycles. The van der Waals surface area contributed by atoms with Gasteiger partial charge in [-0.25, -0.2) is 0 Å². The molecular weight excluding hydrogens is 464 g/mol. The predicted octanol–water partition coefficient (Wildman–Crippen LogP) is 3.93. The summed E-state index contributed by atoms with van der Waals surface area (Å²) in [5.41, 5.74) is 3.64. The van der Waals surface area contributed by atoms with Crippen molar-refractivity contribution in [3.05, 3.63) is 78.7 Å². The Labute approximate surface area is 220 Å². The lowest BCUT2D eigenvalue weighted by molar-refractivity contribution is -0.149. The lowest BCUT2D eigenvalue weighted by atomic mass is 9.96. The van der Waals surface area contributed by atoms with E-state index in [1.165, 1.54) is 0 Å². The number of carbonyl (C=O) groups is 2. The summed E-state index contributed by atoms with van der Waals surface area (Å²) < 4.78 is 7.37. The van der Waals surface area contributed by atoms with E-state index in [4.69, 9.17) is 4.74 Å². The normalized spacial score (nSPS) is 19.1. The number of amides is 1. The van der Waals surface area contributed by atoms with E-state index in [1.807, 2.05) is 55.2 Å². The van der Waals surface area contributed by atoms with Crippen LogP contribution in [-0.4, -0.2) is 78.2 Å². The maximum Gasteiger partial charge on any atom is 0.309 e. The first-order chi connectivity index (χ1) is 18.0. The first-order valence-electron chi connectivity index (χ1n) is 13.4. The van der Waals surface area contributed by atoms with Crippen molar-refractivity contribution in [1.29, 1.82) is 0 Å². The topological polar surface area (TPSA) is 66.8 Å². The minimum absolute atomic E-state index is 0.0172. The van der Waals surface area contributed by atoms with Gasteiger partial charge in [-0.2, -0.15) is 0 Å². The SMILES string of the molecule is C=CC(C=C)c1c(C(=O)N2CCNC[C@H]2CN2CCC(C(=O)OCC)CC2)cc(C)n1-c1ccccc1. The molecule has 0 spiro atoms. The van der Waals surface area contributed by atoms with Crippen LogP contribution < -0.4 is 5.32 Å². The third-order valence-corrected chi connectivity index (χ3v) is 7.58. The van der Waals surface area contributed by atoms with Gasteiger partial charge in [-0.3, -0.25) is 9.59 Å². The summed E-state index contributed by atoms with van der Waals surface area (Å²) in [6.07, 6.45) is 5.30. The molecule has 1 aromatic carbocycles. The van der Waals surface area contributed by atoms with Crippen molar-refractivity contribution in [2.24, 2.45) is 5.92 Å². The maximum absolute atomic E-state index is 14.2. The number of hydrogen-bond acceptors (Lipinski definition) is 5. The van der Waals surface area contributed by atoms with Crippen molar-refractivity contribution < 1.29 is 14.3 Å². The number of aromatic nitrogens is 1. The van der Waals surface area contributed by atoms with E-state index in [0.717, 1.165) is 62.6 Å². The second-order valence-electron chi connectivity index (χ2n) is 9.94. The van der Waals surface area contributed by atoms with Crippen molar-refractivity contribution in [3.8, 4) is 5.69 Å². The maximum atomic E-state index is 14.2. The lowest BCUT2D eigenvalue weighted by Crippen LogP contribution is -2.58. The summed E-state index contributed by atoms with van der Waals surface area (Å²) in [7, 11) is 0. The smallest absolute Gasteiger partial charge is 0.309 e. The molecule has 2 saturated heterocycles. The number of nitrogens with one attached hydrogen (secondary N) is 1. The molecule has 3 heterocycles. The van der Waals surface area contributed by atoms with Gasteiger partial charge in [-0.05, 0) is 58.0 Å². The molecule has 1 amide bonds. The van der Waals surface area contributed by atoms with Gasteiger partial charge in [0.05, 0.1) is 24.1 Å². The fourth-order valence-corrected chi connectivity index (χ4v) is 5.65. The van der Waals surface area contributed by atoms with Crippen LogP contribution in [0.3, 0.4) is 0 Å². The van der Waals surface area contributed by atoms with Gasteiger partial charge in [0.15, 0.2) is 0 Å². The van der Waals surface area contributed by atoms with Crippen LogP contribution in [0.25, 0.3) is 5.69 Å². The Hall–Kier alpha value is -3.16. The highest BCUT2D eigenvalue weighted by Gasteiger charge is 2.34. The van der Waals surface area contributed by atoms with Crippen molar-refractivity contribution in [3.63, 3.8) is 0 Å². The fraction of sp³-hybridized carbons (Fsp3) is 0.467. The van der Waals surface area contributed by atoms with Crippen LogP contribution in [0, 0.1) is 12.8 Å². The fourth-order valence-electron chi connectivity index (χ4n) is 5.65. The largest absolute Gasteiger partial charge is 0.466 e.